The van der Waals surface area contributed by atoms with Crippen LogP contribution in [0.15, 0.2) is 47.6 Å². The van der Waals surface area contributed by atoms with Gasteiger partial charge >= 0.3 is 0 Å². The molecule has 1 heterocycles. The van der Waals surface area contributed by atoms with E-state index in [-0.39, 0.29) is 5.91 Å². The van der Waals surface area contributed by atoms with E-state index in [1.807, 2.05) is 30.3 Å². The van der Waals surface area contributed by atoms with E-state index in [2.05, 4.69) is 15.6 Å². The molecule has 0 saturated heterocycles. The number of nitrogens with zero attached hydrogens (tertiary/aromatic N) is 3. The van der Waals surface area contributed by atoms with E-state index >= 15 is 0 Å². The molecule has 1 N–H and O–H groups in total. The summed E-state index contributed by atoms with van der Waals surface area (Å²) in [6.07, 6.45) is 0. The third kappa shape index (κ3) is 4.62. The molecule has 0 radical (unpaired) electrons. The van der Waals surface area contributed by atoms with Crippen LogP contribution in [-0.2, 0) is 5.75 Å². The number of aryl methyl sites for hydroxylation is 1. The van der Waals surface area contributed by atoms with Crippen LogP contribution < -0.4 is 19.6 Å². The van der Waals surface area contributed by atoms with Gasteiger partial charge in [0.15, 0.2) is 11.5 Å². The van der Waals surface area contributed by atoms with Gasteiger partial charge in [-0.15, -0.1) is 10.2 Å². The number of carbonyl (C=O) groups excluding carboxylic acids is 1. The van der Waals surface area contributed by atoms with Crippen molar-refractivity contribution >= 4 is 17.7 Å². The topological polar surface area (TPSA) is 87.5 Å². The molecule has 152 valence electrons. The fourth-order valence-corrected chi connectivity index (χ4v) is 3.56. The molecule has 0 aliphatic heterocycles. The monoisotopic (exact) mass is 414 g/mol. The van der Waals surface area contributed by atoms with Gasteiger partial charge in [0.2, 0.25) is 10.9 Å². The second kappa shape index (κ2) is 9.33. The lowest BCUT2D eigenvalue weighted by Gasteiger charge is -2.15. The van der Waals surface area contributed by atoms with Crippen LogP contribution in [0, 0.1) is 6.92 Å². The zero-order valence-electron chi connectivity index (χ0n) is 16.6. The van der Waals surface area contributed by atoms with E-state index < -0.39 is 0 Å². The minimum absolute atomic E-state index is 0.353. The van der Waals surface area contributed by atoms with Crippen molar-refractivity contribution in [2.75, 3.05) is 26.8 Å². The van der Waals surface area contributed by atoms with Crippen LogP contribution >= 0.6 is 11.8 Å². The highest BCUT2D eigenvalue weighted by Gasteiger charge is 2.19. The van der Waals surface area contributed by atoms with Gasteiger partial charge in [0, 0.05) is 11.3 Å². The largest absolute Gasteiger partial charge is 0.493 e. The summed E-state index contributed by atoms with van der Waals surface area (Å²) in [7, 11) is 4.51. The third-order valence-electron chi connectivity index (χ3n) is 4.15. The van der Waals surface area contributed by atoms with Gasteiger partial charge in [-0.25, -0.2) is 4.68 Å². The lowest BCUT2D eigenvalue weighted by molar-refractivity contribution is 0.100. The molecule has 0 fully saturated rings. The Kier molecular flexibility index (Phi) is 6.61. The Morgan fingerprint density at radius 3 is 2.28 bits per heavy atom. The van der Waals surface area contributed by atoms with E-state index in [9.17, 15) is 4.79 Å². The lowest BCUT2D eigenvalue weighted by Crippen LogP contribution is -2.24. The zero-order chi connectivity index (χ0) is 20.8. The molecule has 0 spiro atoms. The number of rotatable bonds is 8. The molecule has 3 rings (SSSR count). The van der Waals surface area contributed by atoms with Crippen LogP contribution in [-0.4, -0.2) is 42.1 Å². The van der Waals surface area contributed by atoms with E-state index in [1.165, 1.54) is 33.1 Å². The van der Waals surface area contributed by atoms with E-state index in [4.69, 9.17) is 14.2 Å². The Morgan fingerprint density at radius 1 is 1.03 bits per heavy atom. The number of benzene rings is 2. The molecule has 0 bridgehead atoms. The fourth-order valence-electron chi connectivity index (χ4n) is 2.67. The number of hydrogen-bond donors (Lipinski definition) is 1. The van der Waals surface area contributed by atoms with Crippen LogP contribution in [0.2, 0.25) is 0 Å². The molecule has 9 heteroatoms. The standard InChI is InChI=1S/C20H22N4O4S/c1-13-21-22-20(29-12-14-8-6-5-7-9-14)24(13)23-19(25)15-10-16(26-2)18(28-4)17(11-15)27-3/h5-11H,12H2,1-4H3,(H,23,25). The van der Waals surface area contributed by atoms with E-state index in [1.54, 1.807) is 23.7 Å². The van der Waals surface area contributed by atoms with Crippen molar-refractivity contribution in [1.82, 2.24) is 14.9 Å². The maximum Gasteiger partial charge on any atom is 0.270 e. The Bertz CT molecular complexity index is 966. The molecule has 3 aromatic rings. The second-order valence-corrected chi connectivity index (χ2v) is 6.94. The number of thioether (sulfide) groups is 1. The normalized spacial score (nSPS) is 10.5. The number of hydrogen-bond acceptors (Lipinski definition) is 7. The summed E-state index contributed by atoms with van der Waals surface area (Å²) in [5, 5.41) is 8.83. The number of methoxy groups -OCH3 is 3. The Balaban J connectivity index is 1.81. The summed E-state index contributed by atoms with van der Waals surface area (Å²) in [4.78, 5) is 12.9. The van der Waals surface area contributed by atoms with Crippen molar-refractivity contribution in [2.45, 2.75) is 17.8 Å². The molecule has 0 aliphatic carbocycles. The van der Waals surface area contributed by atoms with Gasteiger partial charge in [0.05, 0.1) is 21.3 Å². The van der Waals surface area contributed by atoms with E-state index in [0.717, 1.165) is 5.56 Å². The van der Waals surface area contributed by atoms with Crippen molar-refractivity contribution in [3.63, 3.8) is 0 Å². The van der Waals surface area contributed by atoms with Gasteiger partial charge in [-0.1, -0.05) is 42.1 Å². The maximum absolute atomic E-state index is 12.9. The Morgan fingerprint density at radius 2 is 1.69 bits per heavy atom. The van der Waals surface area contributed by atoms with Gasteiger partial charge in [-0.05, 0) is 24.6 Å². The number of carbonyl (C=O) groups is 1. The number of nitrogens with one attached hydrogen (secondary N) is 1. The zero-order valence-corrected chi connectivity index (χ0v) is 17.4. The highest BCUT2D eigenvalue weighted by atomic mass is 32.2. The predicted octanol–water partition coefficient (Wildman–Crippen LogP) is 3.29. The van der Waals surface area contributed by atoms with Gasteiger partial charge in [-0.3, -0.25) is 10.2 Å². The first-order chi connectivity index (χ1) is 14.1. The van der Waals surface area contributed by atoms with Crippen molar-refractivity contribution in [1.29, 1.82) is 0 Å². The van der Waals surface area contributed by atoms with Crippen LogP contribution in [0.25, 0.3) is 0 Å². The molecule has 1 aromatic heterocycles. The van der Waals surface area contributed by atoms with Crippen LogP contribution in [0.5, 0.6) is 17.2 Å². The molecule has 8 nitrogen and oxygen atoms in total. The van der Waals surface area contributed by atoms with Gasteiger partial charge < -0.3 is 14.2 Å². The van der Waals surface area contributed by atoms with Gasteiger partial charge in [0.1, 0.15) is 5.82 Å². The molecule has 29 heavy (non-hydrogen) atoms. The molecular weight excluding hydrogens is 392 g/mol. The van der Waals surface area contributed by atoms with Crippen LogP contribution in [0.4, 0.5) is 0 Å². The average molecular weight is 414 g/mol. The number of ether oxygens (including phenoxy) is 3. The minimum Gasteiger partial charge on any atom is -0.493 e. The predicted molar refractivity (Wildman–Crippen MR) is 111 cm³/mol. The van der Waals surface area contributed by atoms with Crippen molar-refractivity contribution in [3.8, 4) is 17.2 Å². The molecule has 0 unspecified atom stereocenters. The average Bonchev–Trinajstić information content (AvgIpc) is 3.10. The van der Waals surface area contributed by atoms with Gasteiger partial charge in [0.25, 0.3) is 5.91 Å². The maximum atomic E-state index is 12.9. The molecule has 0 atom stereocenters. The Labute approximate surface area is 173 Å². The molecular formula is C20H22N4O4S. The number of aromatic nitrogens is 3. The molecule has 1 amide bonds. The minimum atomic E-state index is -0.353. The van der Waals surface area contributed by atoms with Gasteiger partial charge in [-0.2, -0.15) is 0 Å². The lowest BCUT2D eigenvalue weighted by atomic mass is 10.1. The van der Waals surface area contributed by atoms with Crippen molar-refractivity contribution < 1.29 is 19.0 Å². The van der Waals surface area contributed by atoms with Crippen LogP contribution in [0.3, 0.4) is 0 Å². The summed E-state index contributed by atoms with van der Waals surface area (Å²) < 4.78 is 17.5. The first-order valence-electron chi connectivity index (χ1n) is 8.77. The summed E-state index contributed by atoms with van der Waals surface area (Å²) in [5.74, 6) is 2.15. The highest BCUT2D eigenvalue weighted by Crippen LogP contribution is 2.38. The second-order valence-electron chi connectivity index (χ2n) is 5.99. The van der Waals surface area contributed by atoms with Crippen LogP contribution in [0.1, 0.15) is 21.7 Å². The van der Waals surface area contributed by atoms with Crippen molar-refractivity contribution in [3.05, 3.63) is 59.4 Å². The summed E-state index contributed by atoms with van der Waals surface area (Å²) in [5.41, 5.74) is 4.34. The number of amides is 1. The summed E-state index contributed by atoms with van der Waals surface area (Å²) >= 11 is 1.48. The van der Waals surface area contributed by atoms with E-state index in [0.29, 0.717) is 39.5 Å². The summed E-state index contributed by atoms with van der Waals surface area (Å²) in [6.45, 7) is 1.77. The third-order valence-corrected chi connectivity index (χ3v) is 5.15. The molecule has 0 aliphatic rings. The van der Waals surface area contributed by atoms with Crippen molar-refractivity contribution in [2.24, 2.45) is 0 Å². The smallest absolute Gasteiger partial charge is 0.270 e. The molecule has 0 saturated carbocycles. The quantitative estimate of drug-likeness (QED) is 0.566. The summed E-state index contributed by atoms with van der Waals surface area (Å²) in [6, 6.07) is 13.2. The SMILES string of the molecule is COc1cc(C(=O)Nn2c(C)nnc2SCc2ccccc2)cc(OC)c1OC. The fraction of sp³-hybridized carbons (Fsp3) is 0.250. The first kappa shape index (κ1) is 20.5. The highest BCUT2D eigenvalue weighted by molar-refractivity contribution is 7.98. The molecule has 2 aromatic carbocycles. The Hall–Kier alpha value is -3.20. The first-order valence-corrected chi connectivity index (χ1v) is 9.76.